The topological polar surface area (TPSA) is 86.8 Å². The number of para-hydroxylation sites is 1. The molecule has 8 heteroatoms. The number of hydrogen-bond donors (Lipinski definition) is 1. The Morgan fingerprint density at radius 1 is 0.773 bits per heavy atom. The first-order valence-electron chi connectivity index (χ1n) is 14.9. The van der Waals surface area contributed by atoms with E-state index in [1.165, 1.54) is 4.90 Å². The van der Waals surface area contributed by atoms with Gasteiger partial charge in [0.05, 0.1) is 10.6 Å². The molecule has 0 fully saturated rings. The molecule has 0 aliphatic heterocycles. The number of amides is 2. The van der Waals surface area contributed by atoms with Crippen LogP contribution < -0.4 is 9.62 Å². The molecule has 0 aromatic heterocycles. The molecular formula is C36H41N3O4S. The van der Waals surface area contributed by atoms with Crippen LogP contribution in [-0.2, 0) is 32.6 Å². The fraction of sp³-hybridized carbons (Fsp3) is 0.278. The van der Waals surface area contributed by atoms with Gasteiger partial charge in [0, 0.05) is 19.5 Å². The Morgan fingerprint density at radius 2 is 1.36 bits per heavy atom. The molecule has 0 saturated heterocycles. The SMILES string of the molecule is Cc1ccc(S(=O)(=O)N(CC(=O)N(Cc2ccccc2C)C(Cc2ccccc2)C(=O)NCC(C)C)c2ccccc2)cc1. The van der Waals surface area contributed by atoms with Crippen LogP contribution in [0.5, 0.6) is 0 Å². The highest BCUT2D eigenvalue weighted by Crippen LogP contribution is 2.25. The van der Waals surface area contributed by atoms with Crippen molar-refractivity contribution in [3.05, 3.63) is 131 Å². The van der Waals surface area contributed by atoms with Crippen molar-refractivity contribution in [3.63, 3.8) is 0 Å². The number of aryl methyl sites for hydroxylation is 2. The molecule has 1 N–H and O–H groups in total. The van der Waals surface area contributed by atoms with Crippen molar-refractivity contribution < 1.29 is 18.0 Å². The first kappa shape index (κ1) is 32.5. The summed E-state index contributed by atoms with van der Waals surface area (Å²) in [6.45, 7) is 7.98. The lowest BCUT2D eigenvalue weighted by atomic mass is 10.0. The minimum Gasteiger partial charge on any atom is -0.354 e. The van der Waals surface area contributed by atoms with E-state index in [2.05, 4.69) is 5.32 Å². The van der Waals surface area contributed by atoms with Crippen molar-refractivity contribution in [2.75, 3.05) is 17.4 Å². The maximum absolute atomic E-state index is 14.5. The fourth-order valence-corrected chi connectivity index (χ4v) is 6.32. The zero-order valence-corrected chi connectivity index (χ0v) is 26.6. The van der Waals surface area contributed by atoms with Crippen LogP contribution in [0.1, 0.15) is 36.1 Å². The molecule has 4 aromatic carbocycles. The third-order valence-electron chi connectivity index (χ3n) is 7.49. The quantitative estimate of drug-likeness (QED) is 0.204. The van der Waals surface area contributed by atoms with E-state index in [1.54, 1.807) is 54.6 Å². The van der Waals surface area contributed by atoms with E-state index in [-0.39, 0.29) is 29.7 Å². The Bertz CT molecular complexity index is 1640. The predicted molar refractivity (Wildman–Crippen MR) is 176 cm³/mol. The monoisotopic (exact) mass is 611 g/mol. The maximum atomic E-state index is 14.5. The zero-order chi connectivity index (χ0) is 31.7. The van der Waals surface area contributed by atoms with Gasteiger partial charge in [-0.15, -0.1) is 0 Å². The second-order valence-electron chi connectivity index (χ2n) is 11.5. The van der Waals surface area contributed by atoms with Gasteiger partial charge in [-0.25, -0.2) is 8.42 Å². The van der Waals surface area contributed by atoms with Crippen molar-refractivity contribution in [3.8, 4) is 0 Å². The lowest BCUT2D eigenvalue weighted by Gasteiger charge is -2.34. The standard InChI is InChI=1S/C36H41N3O4S/c1-27(2)24-37-36(41)34(23-30-14-7-5-8-15-30)38(25-31-16-12-11-13-29(31)4)35(40)26-39(32-17-9-6-10-18-32)44(42,43)33-21-19-28(3)20-22-33/h5-22,27,34H,23-26H2,1-4H3,(H,37,41). The highest BCUT2D eigenvalue weighted by molar-refractivity contribution is 7.92. The van der Waals surface area contributed by atoms with Crippen LogP contribution in [-0.4, -0.2) is 44.3 Å². The number of sulfonamides is 1. The molecule has 7 nitrogen and oxygen atoms in total. The highest BCUT2D eigenvalue weighted by Gasteiger charge is 2.34. The molecule has 44 heavy (non-hydrogen) atoms. The molecule has 1 unspecified atom stereocenters. The third-order valence-corrected chi connectivity index (χ3v) is 9.28. The summed E-state index contributed by atoms with van der Waals surface area (Å²) in [7, 11) is -4.12. The molecule has 0 heterocycles. The molecule has 0 aliphatic rings. The Hall–Kier alpha value is -4.43. The Morgan fingerprint density at radius 3 is 1.98 bits per heavy atom. The Labute approximate surface area is 261 Å². The number of hydrogen-bond acceptors (Lipinski definition) is 4. The Balaban J connectivity index is 1.79. The van der Waals surface area contributed by atoms with E-state index >= 15 is 0 Å². The number of carbonyl (C=O) groups excluding carboxylic acids is 2. The molecular weight excluding hydrogens is 570 g/mol. The van der Waals surface area contributed by atoms with Crippen LogP contribution in [0.4, 0.5) is 5.69 Å². The molecule has 4 aromatic rings. The van der Waals surface area contributed by atoms with E-state index < -0.39 is 28.5 Å². The molecule has 0 saturated carbocycles. The summed E-state index contributed by atoms with van der Waals surface area (Å²) in [6, 6.07) is 31.6. The van der Waals surface area contributed by atoms with Crippen LogP contribution in [0, 0.1) is 19.8 Å². The number of carbonyl (C=O) groups is 2. The van der Waals surface area contributed by atoms with Gasteiger partial charge in [0.15, 0.2) is 0 Å². The largest absolute Gasteiger partial charge is 0.354 e. The molecule has 230 valence electrons. The van der Waals surface area contributed by atoms with Gasteiger partial charge in [0.2, 0.25) is 11.8 Å². The second-order valence-corrected chi connectivity index (χ2v) is 13.3. The van der Waals surface area contributed by atoms with Gasteiger partial charge >= 0.3 is 0 Å². The molecule has 2 amide bonds. The van der Waals surface area contributed by atoms with Crippen molar-refractivity contribution in [2.45, 2.75) is 51.6 Å². The number of benzene rings is 4. The number of rotatable bonds is 13. The van der Waals surface area contributed by atoms with E-state index in [0.29, 0.717) is 12.2 Å². The first-order valence-corrected chi connectivity index (χ1v) is 16.3. The number of nitrogens with zero attached hydrogens (tertiary/aromatic N) is 2. The lowest BCUT2D eigenvalue weighted by Crippen LogP contribution is -2.53. The van der Waals surface area contributed by atoms with Gasteiger partial charge in [-0.3, -0.25) is 13.9 Å². The average Bonchev–Trinajstić information content (AvgIpc) is 3.02. The molecule has 0 bridgehead atoms. The second kappa shape index (κ2) is 14.8. The summed E-state index contributed by atoms with van der Waals surface area (Å²) in [6.07, 6.45) is 0.276. The number of nitrogens with one attached hydrogen (secondary N) is 1. The van der Waals surface area contributed by atoms with Crippen LogP contribution in [0.15, 0.2) is 114 Å². The van der Waals surface area contributed by atoms with Gasteiger partial charge in [0.25, 0.3) is 10.0 Å². The third kappa shape index (κ3) is 8.35. The van der Waals surface area contributed by atoms with Gasteiger partial charge in [-0.05, 0) is 60.7 Å². The summed E-state index contributed by atoms with van der Waals surface area (Å²) in [5.74, 6) is -0.546. The summed E-state index contributed by atoms with van der Waals surface area (Å²) in [4.78, 5) is 29.9. The summed E-state index contributed by atoms with van der Waals surface area (Å²) < 4.78 is 29.3. The highest BCUT2D eigenvalue weighted by atomic mass is 32.2. The number of anilines is 1. The summed E-state index contributed by atoms with van der Waals surface area (Å²) >= 11 is 0. The average molecular weight is 612 g/mol. The van der Waals surface area contributed by atoms with Crippen LogP contribution in [0.3, 0.4) is 0 Å². The van der Waals surface area contributed by atoms with E-state index in [4.69, 9.17) is 0 Å². The predicted octanol–water partition coefficient (Wildman–Crippen LogP) is 5.91. The van der Waals surface area contributed by atoms with Gasteiger partial charge in [-0.1, -0.05) is 104 Å². The summed E-state index contributed by atoms with van der Waals surface area (Å²) in [5.41, 5.74) is 4.03. The molecule has 0 aliphatic carbocycles. The van der Waals surface area contributed by atoms with Crippen molar-refractivity contribution in [2.24, 2.45) is 5.92 Å². The minimum absolute atomic E-state index is 0.0840. The molecule has 1 atom stereocenters. The van der Waals surface area contributed by atoms with E-state index in [9.17, 15) is 18.0 Å². The maximum Gasteiger partial charge on any atom is 0.264 e. The van der Waals surface area contributed by atoms with Crippen LogP contribution in [0.2, 0.25) is 0 Å². The Kier molecular flexibility index (Phi) is 11.0. The molecule has 4 rings (SSSR count). The van der Waals surface area contributed by atoms with Crippen LogP contribution >= 0.6 is 0 Å². The van der Waals surface area contributed by atoms with Crippen molar-refractivity contribution in [1.82, 2.24) is 10.2 Å². The zero-order valence-electron chi connectivity index (χ0n) is 25.8. The van der Waals surface area contributed by atoms with Gasteiger partial charge < -0.3 is 10.2 Å². The minimum atomic E-state index is -4.12. The fourth-order valence-electron chi connectivity index (χ4n) is 4.91. The summed E-state index contributed by atoms with van der Waals surface area (Å²) in [5, 5.41) is 3.02. The van der Waals surface area contributed by atoms with Gasteiger partial charge in [0.1, 0.15) is 12.6 Å². The first-order chi connectivity index (χ1) is 21.1. The molecule has 0 spiro atoms. The smallest absolute Gasteiger partial charge is 0.264 e. The van der Waals surface area contributed by atoms with Crippen LogP contribution in [0.25, 0.3) is 0 Å². The normalized spacial score (nSPS) is 12.0. The van der Waals surface area contributed by atoms with Crippen molar-refractivity contribution >= 4 is 27.5 Å². The molecule has 0 radical (unpaired) electrons. The lowest BCUT2D eigenvalue weighted by molar-refractivity contribution is -0.140. The van der Waals surface area contributed by atoms with Crippen molar-refractivity contribution in [1.29, 1.82) is 0 Å². The van der Waals surface area contributed by atoms with E-state index in [0.717, 1.165) is 26.6 Å². The van der Waals surface area contributed by atoms with E-state index in [1.807, 2.05) is 82.3 Å². The van der Waals surface area contributed by atoms with Gasteiger partial charge in [-0.2, -0.15) is 0 Å².